The quantitative estimate of drug-likeness (QED) is 0.880. The first-order chi connectivity index (χ1) is 7.91. The number of carbonyl (C=O) groups is 2. The lowest BCUT2D eigenvalue weighted by atomic mass is 10.2. The zero-order chi connectivity index (χ0) is 13.0. The van der Waals surface area contributed by atoms with Crippen LogP contribution in [0.15, 0.2) is 12.1 Å². The predicted molar refractivity (Wildman–Crippen MR) is 59.6 cm³/mol. The molecule has 0 aliphatic heterocycles. The normalized spacial score (nSPS) is 10.1. The molecule has 0 aromatic heterocycles. The highest BCUT2D eigenvalue weighted by Gasteiger charge is 2.14. The van der Waals surface area contributed by atoms with Gasteiger partial charge >= 0.3 is 0 Å². The van der Waals surface area contributed by atoms with Gasteiger partial charge in [-0.3, -0.25) is 4.79 Å². The van der Waals surface area contributed by atoms with Crippen LogP contribution in [0.1, 0.15) is 25.3 Å². The molecular weight excluding hydrogens is 228 g/mol. The van der Waals surface area contributed by atoms with E-state index >= 15 is 0 Å². The van der Waals surface area contributed by atoms with Gasteiger partial charge in [0.05, 0.1) is 0 Å². The number of hydrogen-bond acceptors (Lipinski definition) is 2. The summed E-state index contributed by atoms with van der Waals surface area (Å²) >= 11 is 0. The molecule has 1 aromatic carbocycles. The molecule has 0 heterocycles. The maximum Gasteiger partial charge on any atom is 0.224 e. The van der Waals surface area contributed by atoms with E-state index in [9.17, 15) is 18.4 Å². The van der Waals surface area contributed by atoms with Crippen molar-refractivity contribution in [2.24, 2.45) is 0 Å². The minimum Gasteiger partial charge on any atom is -0.321 e. The summed E-state index contributed by atoms with van der Waals surface area (Å²) in [6, 6.07) is 2.37. The summed E-state index contributed by atoms with van der Waals surface area (Å²) in [5.41, 5.74) is -0.216. The van der Waals surface area contributed by atoms with Gasteiger partial charge in [0.2, 0.25) is 5.91 Å². The number of nitrogens with one attached hydrogen (secondary N) is 1. The molecule has 0 aliphatic rings. The minimum atomic E-state index is -0.829. The molecular formula is C12H13F2NO2. The van der Waals surface area contributed by atoms with Crippen LogP contribution >= 0.6 is 0 Å². The Labute approximate surface area is 97.8 Å². The van der Waals surface area contributed by atoms with Gasteiger partial charge in [-0.25, -0.2) is 8.78 Å². The molecule has 1 N–H and O–H groups in total. The number of Topliss-reactive ketones (excluding diaryl/α,β-unsaturated/α-hetero) is 1. The van der Waals surface area contributed by atoms with Gasteiger partial charge < -0.3 is 10.1 Å². The number of amides is 1. The Bertz CT molecular complexity index is 458. The highest BCUT2D eigenvalue weighted by Crippen LogP contribution is 2.21. The van der Waals surface area contributed by atoms with Crippen LogP contribution in [0.4, 0.5) is 14.5 Å². The molecule has 1 rings (SSSR count). The summed E-state index contributed by atoms with van der Waals surface area (Å²) in [6.45, 7) is 2.82. The molecule has 0 unspecified atom stereocenters. The topological polar surface area (TPSA) is 46.2 Å². The van der Waals surface area contributed by atoms with Crippen LogP contribution in [0.5, 0.6) is 0 Å². The van der Waals surface area contributed by atoms with Crippen molar-refractivity contribution in [2.75, 3.05) is 5.32 Å². The fraction of sp³-hybridized carbons (Fsp3) is 0.333. The second-order valence-corrected chi connectivity index (χ2v) is 3.80. The Balaban J connectivity index is 2.78. The molecule has 0 fully saturated rings. The average molecular weight is 241 g/mol. The van der Waals surface area contributed by atoms with Gasteiger partial charge in [0.1, 0.15) is 17.3 Å². The molecule has 0 bridgehead atoms. The van der Waals surface area contributed by atoms with Gasteiger partial charge in [0.25, 0.3) is 0 Å². The van der Waals surface area contributed by atoms with Crippen molar-refractivity contribution < 1.29 is 18.4 Å². The molecule has 0 saturated carbocycles. The van der Waals surface area contributed by atoms with Crippen molar-refractivity contribution in [3.63, 3.8) is 0 Å². The van der Waals surface area contributed by atoms with Crippen molar-refractivity contribution >= 4 is 17.4 Å². The molecule has 1 amide bonds. The average Bonchev–Trinajstić information content (AvgIpc) is 2.27. The lowest BCUT2D eigenvalue weighted by Crippen LogP contribution is -2.15. The summed E-state index contributed by atoms with van der Waals surface area (Å²) in [7, 11) is 0. The van der Waals surface area contributed by atoms with Gasteiger partial charge in [-0.15, -0.1) is 0 Å². The first-order valence-corrected chi connectivity index (χ1v) is 5.15. The largest absolute Gasteiger partial charge is 0.321 e. The monoisotopic (exact) mass is 241 g/mol. The van der Waals surface area contributed by atoms with E-state index in [1.54, 1.807) is 0 Å². The second kappa shape index (κ2) is 5.52. The highest BCUT2D eigenvalue weighted by molar-refractivity contribution is 5.93. The standard InChI is InChI=1S/C12H13F2NO2/c1-7-3-5-9(13)12(11(7)14)15-10(17)6-4-8(2)16/h3,5H,4,6H2,1-2H3,(H,15,17). The van der Waals surface area contributed by atoms with E-state index in [2.05, 4.69) is 5.32 Å². The maximum absolute atomic E-state index is 13.5. The van der Waals surface area contributed by atoms with E-state index in [1.165, 1.54) is 19.9 Å². The van der Waals surface area contributed by atoms with Crippen LogP contribution in [0, 0.1) is 18.6 Å². The zero-order valence-electron chi connectivity index (χ0n) is 9.64. The van der Waals surface area contributed by atoms with Crippen molar-refractivity contribution in [3.8, 4) is 0 Å². The SMILES string of the molecule is CC(=O)CCC(=O)Nc1c(F)ccc(C)c1F. The van der Waals surface area contributed by atoms with Crippen molar-refractivity contribution in [3.05, 3.63) is 29.3 Å². The molecule has 3 nitrogen and oxygen atoms in total. The summed E-state index contributed by atoms with van der Waals surface area (Å²) in [4.78, 5) is 22.0. The van der Waals surface area contributed by atoms with Gasteiger partial charge in [0.15, 0.2) is 5.82 Å². The fourth-order valence-electron chi connectivity index (χ4n) is 1.26. The maximum atomic E-state index is 13.5. The van der Waals surface area contributed by atoms with Crippen LogP contribution in [-0.4, -0.2) is 11.7 Å². The van der Waals surface area contributed by atoms with Crippen LogP contribution in [0.25, 0.3) is 0 Å². The third kappa shape index (κ3) is 3.62. The highest BCUT2D eigenvalue weighted by atomic mass is 19.1. The Hall–Kier alpha value is -1.78. The summed E-state index contributed by atoms with van der Waals surface area (Å²) in [6.07, 6.45) is -0.0248. The molecule has 0 radical (unpaired) electrons. The number of carbonyl (C=O) groups excluding carboxylic acids is 2. The minimum absolute atomic E-state index is 0.0564. The summed E-state index contributed by atoms with van der Waals surface area (Å²) in [5.74, 6) is -2.35. The van der Waals surface area contributed by atoms with E-state index in [0.29, 0.717) is 0 Å². The van der Waals surface area contributed by atoms with E-state index in [1.807, 2.05) is 0 Å². The number of aryl methyl sites for hydroxylation is 1. The van der Waals surface area contributed by atoms with E-state index in [0.717, 1.165) is 6.07 Å². The Morgan fingerprint density at radius 3 is 2.47 bits per heavy atom. The third-order valence-electron chi connectivity index (χ3n) is 2.25. The van der Waals surface area contributed by atoms with Crippen molar-refractivity contribution in [1.29, 1.82) is 0 Å². The lowest BCUT2D eigenvalue weighted by molar-refractivity contribution is -0.121. The molecule has 92 valence electrons. The van der Waals surface area contributed by atoms with E-state index in [-0.39, 0.29) is 24.2 Å². The second-order valence-electron chi connectivity index (χ2n) is 3.80. The molecule has 17 heavy (non-hydrogen) atoms. The number of ketones is 1. The van der Waals surface area contributed by atoms with Gasteiger partial charge in [-0.1, -0.05) is 6.07 Å². The van der Waals surface area contributed by atoms with Crippen LogP contribution in [-0.2, 0) is 9.59 Å². The number of hydrogen-bond donors (Lipinski definition) is 1. The third-order valence-corrected chi connectivity index (χ3v) is 2.25. The summed E-state index contributed by atoms with van der Waals surface area (Å²) < 4.78 is 26.8. The van der Waals surface area contributed by atoms with E-state index in [4.69, 9.17) is 0 Å². The zero-order valence-corrected chi connectivity index (χ0v) is 9.64. The Kier molecular flexibility index (Phi) is 4.31. The van der Waals surface area contributed by atoms with Gasteiger partial charge in [0, 0.05) is 12.8 Å². The molecule has 0 atom stereocenters. The summed E-state index contributed by atoms with van der Waals surface area (Å²) in [5, 5.41) is 2.13. The lowest BCUT2D eigenvalue weighted by Gasteiger charge is -2.08. The van der Waals surface area contributed by atoms with E-state index < -0.39 is 23.2 Å². The molecule has 1 aromatic rings. The molecule has 0 spiro atoms. The number of rotatable bonds is 4. The Morgan fingerprint density at radius 1 is 1.24 bits per heavy atom. The number of halogens is 2. The molecule has 0 saturated heterocycles. The van der Waals surface area contributed by atoms with Crippen LogP contribution < -0.4 is 5.32 Å². The van der Waals surface area contributed by atoms with Gasteiger partial charge in [-0.05, 0) is 25.5 Å². The smallest absolute Gasteiger partial charge is 0.224 e. The molecule has 5 heteroatoms. The van der Waals surface area contributed by atoms with Crippen LogP contribution in [0.3, 0.4) is 0 Å². The fourth-order valence-corrected chi connectivity index (χ4v) is 1.26. The first kappa shape index (κ1) is 13.3. The Morgan fingerprint density at radius 2 is 1.88 bits per heavy atom. The van der Waals surface area contributed by atoms with Crippen LogP contribution in [0.2, 0.25) is 0 Å². The van der Waals surface area contributed by atoms with Gasteiger partial charge in [-0.2, -0.15) is 0 Å². The van der Waals surface area contributed by atoms with Crippen molar-refractivity contribution in [1.82, 2.24) is 0 Å². The predicted octanol–water partition coefficient (Wildman–Crippen LogP) is 2.58. The number of benzene rings is 1. The number of anilines is 1. The van der Waals surface area contributed by atoms with Crippen molar-refractivity contribution in [2.45, 2.75) is 26.7 Å². The molecule has 0 aliphatic carbocycles. The first-order valence-electron chi connectivity index (χ1n) is 5.15.